The van der Waals surface area contributed by atoms with Gasteiger partial charge < -0.3 is 60.5 Å². The second-order valence-electron chi connectivity index (χ2n) is 9.21. The second-order valence-corrected chi connectivity index (χ2v) is 9.21. The summed E-state index contributed by atoms with van der Waals surface area (Å²) in [4.78, 5) is 35.2. The minimum absolute atomic E-state index is 0. The van der Waals surface area contributed by atoms with Gasteiger partial charge in [-0.05, 0) is 20.8 Å². The molecule has 2 heterocycles. The lowest BCUT2D eigenvalue weighted by atomic mass is 9.94. The molecule has 0 aromatic rings. The minimum atomic E-state index is -1.43. The molecule has 2 fully saturated rings. The number of carbonyl (C=O) groups excluding carboxylic acids is 3. The summed E-state index contributed by atoms with van der Waals surface area (Å²) < 4.78 is 9.97. The number of hydrogen-bond donors (Lipinski definition) is 7. The molecule has 2 saturated heterocycles. The maximum atomic E-state index is 11.4. The van der Waals surface area contributed by atoms with E-state index >= 15 is 0 Å². The van der Waals surface area contributed by atoms with Gasteiger partial charge in [0.25, 0.3) is 0 Å². The molecule has 15 heteroatoms. The smallest absolute Gasteiger partial charge is 0.229 e. The topological polar surface area (TPSA) is 249 Å². The SMILES string of the molecule is CC(=O)CC(=O)N(C)C.C[C@@H]1OC(CC(=O)N(C)C)[C@H](O)[C@@H](O)[C@@H]1O.C[C@@H]1OC(O)[C@H](O)[C@@H](O)[C@@H]1O.O. The molecule has 0 bridgehead atoms. The number of amides is 2. The first kappa shape index (κ1) is 37.4. The maximum absolute atomic E-state index is 11.4. The van der Waals surface area contributed by atoms with Crippen LogP contribution < -0.4 is 0 Å². The molecule has 0 aromatic carbocycles. The fraction of sp³-hybridized carbons (Fsp3) is 0.864. The molecule has 9 N–H and O–H groups in total. The van der Waals surface area contributed by atoms with Gasteiger partial charge in [0.1, 0.15) is 42.4 Å². The van der Waals surface area contributed by atoms with Crippen molar-refractivity contribution in [2.24, 2.45) is 0 Å². The summed E-state index contributed by atoms with van der Waals surface area (Å²) in [5, 5.41) is 64.6. The maximum Gasteiger partial charge on any atom is 0.229 e. The Bertz CT molecular complexity index is 694. The summed E-state index contributed by atoms with van der Waals surface area (Å²) >= 11 is 0. The minimum Gasteiger partial charge on any atom is -0.412 e. The highest BCUT2D eigenvalue weighted by atomic mass is 16.6. The number of Topliss-reactive ketones (excluding diaryl/α,β-unsaturated/α-hetero) is 1. The molecule has 10 atom stereocenters. The fourth-order valence-corrected chi connectivity index (χ4v) is 3.06. The van der Waals surface area contributed by atoms with Crippen LogP contribution in [0.1, 0.15) is 33.6 Å². The number of carbonyl (C=O) groups is 3. The first-order valence-corrected chi connectivity index (χ1v) is 11.4. The fourth-order valence-electron chi connectivity index (χ4n) is 3.06. The lowest BCUT2D eigenvalue weighted by molar-refractivity contribution is -0.277. The van der Waals surface area contributed by atoms with E-state index in [1.54, 1.807) is 35.1 Å². The molecule has 2 unspecified atom stereocenters. The number of ether oxygens (including phenoxy) is 2. The van der Waals surface area contributed by atoms with Crippen LogP contribution in [0, 0.1) is 0 Å². The molecule has 2 rings (SSSR count). The van der Waals surface area contributed by atoms with Crippen LogP contribution >= 0.6 is 0 Å². The average molecular weight is 545 g/mol. The number of rotatable bonds is 4. The summed E-state index contributed by atoms with van der Waals surface area (Å²) in [5.41, 5.74) is 0. The zero-order chi connectivity index (χ0) is 28.5. The molecule has 0 radical (unpaired) electrons. The van der Waals surface area contributed by atoms with Crippen LogP contribution in [0.25, 0.3) is 0 Å². The predicted octanol–water partition coefficient (Wildman–Crippen LogP) is -4.63. The van der Waals surface area contributed by atoms with Crippen molar-refractivity contribution in [2.45, 2.75) is 94.8 Å². The average Bonchev–Trinajstić information content (AvgIpc) is 2.78. The van der Waals surface area contributed by atoms with Gasteiger partial charge in [0.15, 0.2) is 6.29 Å². The third-order valence-corrected chi connectivity index (χ3v) is 5.55. The molecule has 37 heavy (non-hydrogen) atoms. The summed E-state index contributed by atoms with van der Waals surface area (Å²) in [5.74, 6) is -0.420. The largest absolute Gasteiger partial charge is 0.412 e. The van der Waals surface area contributed by atoms with Crippen LogP contribution in [0.3, 0.4) is 0 Å². The number of ketones is 1. The third kappa shape index (κ3) is 12.1. The summed E-state index contributed by atoms with van der Waals surface area (Å²) in [6, 6.07) is 0. The Balaban J connectivity index is 0. The van der Waals surface area contributed by atoms with Gasteiger partial charge in [-0.2, -0.15) is 0 Å². The molecule has 0 aliphatic carbocycles. The number of hydrogen-bond acceptors (Lipinski definition) is 12. The Morgan fingerprint density at radius 1 is 0.649 bits per heavy atom. The van der Waals surface area contributed by atoms with Gasteiger partial charge in [0.2, 0.25) is 11.8 Å². The van der Waals surface area contributed by atoms with E-state index in [0.29, 0.717) is 0 Å². The molecule has 0 spiro atoms. The van der Waals surface area contributed by atoms with Crippen molar-refractivity contribution >= 4 is 17.6 Å². The van der Waals surface area contributed by atoms with E-state index in [1.165, 1.54) is 23.6 Å². The van der Waals surface area contributed by atoms with E-state index in [1.807, 2.05) is 0 Å². The van der Waals surface area contributed by atoms with Gasteiger partial charge in [0, 0.05) is 28.2 Å². The zero-order valence-corrected chi connectivity index (χ0v) is 22.3. The third-order valence-electron chi connectivity index (χ3n) is 5.55. The van der Waals surface area contributed by atoms with Crippen molar-refractivity contribution in [1.29, 1.82) is 0 Å². The van der Waals surface area contributed by atoms with Crippen LogP contribution in [0.15, 0.2) is 0 Å². The lowest BCUT2D eigenvalue weighted by Crippen LogP contribution is -2.57. The highest BCUT2D eigenvalue weighted by molar-refractivity contribution is 5.96. The van der Waals surface area contributed by atoms with E-state index in [9.17, 15) is 29.7 Å². The Morgan fingerprint density at radius 3 is 1.43 bits per heavy atom. The van der Waals surface area contributed by atoms with E-state index in [0.717, 1.165) is 0 Å². The van der Waals surface area contributed by atoms with E-state index in [4.69, 9.17) is 25.2 Å². The second kappa shape index (κ2) is 16.9. The van der Waals surface area contributed by atoms with Crippen molar-refractivity contribution in [1.82, 2.24) is 9.80 Å². The predicted molar refractivity (Wildman–Crippen MR) is 128 cm³/mol. The number of aliphatic hydroxyl groups is 7. The lowest BCUT2D eigenvalue weighted by Gasteiger charge is -2.39. The van der Waals surface area contributed by atoms with Gasteiger partial charge in [-0.25, -0.2) is 0 Å². The van der Waals surface area contributed by atoms with Crippen molar-refractivity contribution in [3.05, 3.63) is 0 Å². The molecule has 15 nitrogen and oxygen atoms in total. The normalized spacial score (nSPS) is 34.9. The highest BCUT2D eigenvalue weighted by Gasteiger charge is 2.42. The van der Waals surface area contributed by atoms with Crippen molar-refractivity contribution in [3.63, 3.8) is 0 Å². The van der Waals surface area contributed by atoms with Crippen LogP contribution in [-0.2, 0) is 23.9 Å². The van der Waals surface area contributed by atoms with E-state index in [2.05, 4.69) is 4.74 Å². The Kier molecular flexibility index (Phi) is 17.1. The first-order chi connectivity index (χ1) is 16.4. The Hall–Kier alpha value is -1.79. The van der Waals surface area contributed by atoms with Gasteiger partial charge in [-0.3, -0.25) is 14.4 Å². The zero-order valence-electron chi connectivity index (χ0n) is 22.3. The van der Waals surface area contributed by atoms with Gasteiger partial charge in [-0.1, -0.05) is 0 Å². The van der Waals surface area contributed by atoms with Gasteiger partial charge >= 0.3 is 0 Å². The molecular weight excluding hydrogens is 500 g/mol. The molecule has 2 aliphatic rings. The highest BCUT2D eigenvalue weighted by Crippen LogP contribution is 2.23. The Labute approximate surface area is 216 Å². The molecule has 0 saturated carbocycles. The van der Waals surface area contributed by atoms with Crippen LogP contribution in [0.5, 0.6) is 0 Å². The number of nitrogens with zero attached hydrogens (tertiary/aromatic N) is 2. The summed E-state index contributed by atoms with van der Waals surface area (Å²) in [7, 11) is 6.47. The summed E-state index contributed by atoms with van der Waals surface area (Å²) in [6.45, 7) is 4.50. The standard InChI is InChI=1S/C10H19NO5.C6H11NO2.C6H12O5.H2O/c1-5-8(13)10(15)9(14)6(16-5)4-7(12)11(2)3;1-5(8)4-6(9)7(2)3;1-2-3(7)4(8)5(9)6(10)11-2;/h5-6,8-10,13-15H,4H2,1-3H3;4H2,1-3H3;2-10H,1H3;1H2/t5-,6?,8+,9-,10-;;2-,3+,4-,5+,6?;/m0.0./s1. The van der Waals surface area contributed by atoms with Crippen molar-refractivity contribution in [2.75, 3.05) is 28.2 Å². The van der Waals surface area contributed by atoms with Crippen LogP contribution in [-0.4, -0.2) is 158 Å². The van der Waals surface area contributed by atoms with Crippen molar-refractivity contribution in [3.8, 4) is 0 Å². The van der Waals surface area contributed by atoms with Crippen molar-refractivity contribution < 1.29 is 65.1 Å². The van der Waals surface area contributed by atoms with E-state index < -0.39 is 61.2 Å². The quantitative estimate of drug-likeness (QED) is 0.165. The summed E-state index contributed by atoms with van der Waals surface area (Å²) in [6.07, 6.45) is -11.0. The molecule has 2 aliphatic heterocycles. The monoisotopic (exact) mass is 544 g/mol. The Morgan fingerprint density at radius 2 is 1.05 bits per heavy atom. The molecule has 2 amide bonds. The molecular formula is C22H44N2O13. The van der Waals surface area contributed by atoms with Crippen LogP contribution in [0.4, 0.5) is 0 Å². The van der Waals surface area contributed by atoms with E-state index in [-0.39, 0.29) is 35.9 Å². The van der Waals surface area contributed by atoms with Gasteiger partial charge in [0.05, 0.1) is 31.2 Å². The number of aliphatic hydroxyl groups excluding tert-OH is 7. The molecule has 0 aromatic heterocycles. The molecule has 220 valence electrons. The van der Waals surface area contributed by atoms with Gasteiger partial charge in [-0.15, -0.1) is 0 Å². The van der Waals surface area contributed by atoms with Crippen LogP contribution in [0.2, 0.25) is 0 Å². The first-order valence-electron chi connectivity index (χ1n) is 11.4.